The zero-order chi connectivity index (χ0) is 22.8. The zero-order valence-electron chi connectivity index (χ0n) is 20.0. The van der Waals surface area contributed by atoms with Gasteiger partial charge in [0, 0.05) is 0 Å². The van der Waals surface area contributed by atoms with Crippen LogP contribution in [-0.2, 0) is 12.8 Å². The minimum Gasteiger partial charge on any atom is -0.491 e. The van der Waals surface area contributed by atoms with E-state index in [0.29, 0.717) is 31.1 Å². The van der Waals surface area contributed by atoms with E-state index in [-0.39, 0.29) is 11.6 Å². The van der Waals surface area contributed by atoms with Gasteiger partial charge in [-0.15, -0.1) is 0 Å². The number of rotatable bonds is 12. The lowest BCUT2D eigenvalue weighted by atomic mass is 9.76. The molecule has 0 N–H and O–H groups in total. The fourth-order valence-electron chi connectivity index (χ4n) is 4.93. The van der Waals surface area contributed by atoms with Crippen molar-refractivity contribution in [3.05, 3.63) is 64.7 Å². The number of halogens is 2. The van der Waals surface area contributed by atoms with Crippen LogP contribution in [0.1, 0.15) is 101 Å². The van der Waals surface area contributed by atoms with Crippen molar-refractivity contribution in [1.82, 2.24) is 0 Å². The van der Waals surface area contributed by atoms with Gasteiger partial charge in [-0.2, -0.15) is 0 Å². The highest BCUT2D eigenvalue weighted by Crippen LogP contribution is 2.38. The van der Waals surface area contributed by atoms with Crippen LogP contribution in [0.5, 0.6) is 5.75 Å². The molecule has 0 bridgehead atoms. The molecule has 1 saturated carbocycles. The first-order valence-corrected chi connectivity index (χ1v) is 12.8. The Morgan fingerprint density at radius 1 is 0.781 bits per heavy atom. The second-order valence-electron chi connectivity index (χ2n) is 9.54. The Hall–Kier alpha value is -1.90. The zero-order valence-corrected chi connectivity index (χ0v) is 20.0. The summed E-state index contributed by atoms with van der Waals surface area (Å²) in [5.41, 5.74) is 2.78. The minimum absolute atomic E-state index is 0.0669. The van der Waals surface area contributed by atoms with Crippen LogP contribution in [0.3, 0.4) is 0 Å². The Labute approximate surface area is 193 Å². The summed E-state index contributed by atoms with van der Waals surface area (Å²) >= 11 is 0. The van der Waals surface area contributed by atoms with Crippen LogP contribution in [0.15, 0.2) is 36.4 Å². The quantitative estimate of drug-likeness (QED) is 0.298. The standard InChI is InChI=1S/C29H40F2O/c1-3-5-7-8-22-11-15-25(16-12-22)26-17-13-23(20-27(26)30)9-10-24-14-18-29(28(31)21-24)32-19-6-4-2/h13-14,17-18,20-22,25H,3-12,15-16,19H2,1-2H3. The summed E-state index contributed by atoms with van der Waals surface area (Å²) in [6.45, 7) is 4.87. The predicted octanol–water partition coefficient (Wildman–Crippen LogP) is 8.78. The Kier molecular flexibility index (Phi) is 10.0. The van der Waals surface area contributed by atoms with Crippen LogP contribution in [0, 0.1) is 17.6 Å². The third-order valence-electron chi connectivity index (χ3n) is 7.02. The van der Waals surface area contributed by atoms with Crippen molar-refractivity contribution in [3.8, 4) is 5.75 Å². The van der Waals surface area contributed by atoms with E-state index in [9.17, 15) is 8.78 Å². The second-order valence-corrected chi connectivity index (χ2v) is 9.54. The van der Waals surface area contributed by atoms with Gasteiger partial charge in [0.2, 0.25) is 0 Å². The molecule has 0 heterocycles. The van der Waals surface area contributed by atoms with Gasteiger partial charge in [0.25, 0.3) is 0 Å². The van der Waals surface area contributed by atoms with E-state index in [1.54, 1.807) is 18.2 Å². The van der Waals surface area contributed by atoms with E-state index in [4.69, 9.17) is 4.74 Å². The van der Waals surface area contributed by atoms with Crippen molar-refractivity contribution in [3.63, 3.8) is 0 Å². The highest BCUT2D eigenvalue weighted by molar-refractivity contribution is 5.31. The Morgan fingerprint density at radius 2 is 1.44 bits per heavy atom. The number of unbranched alkanes of at least 4 members (excludes halogenated alkanes) is 3. The van der Waals surface area contributed by atoms with Gasteiger partial charge in [-0.25, -0.2) is 8.78 Å². The van der Waals surface area contributed by atoms with Crippen LogP contribution in [0.25, 0.3) is 0 Å². The molecule has 1 fully saturated rings. The SMILES string of the molecule is CCCCCC1CCC(c2ccc(CCc3ccc(OCCCC)c(F)c3)cc2F)CC1. The summed E-state index contributed by atoms with van der Waals surface area (Å²) < 4.78 is 34.6. The molecule has 1 nitrogen and oxygen atoms in total. The Balaban J connectivity index is 1.50. The average Bonchev–Trinajstić information content (AvgIpc) is 2.80. The van der Waals surface area contributed by atoms with Crippen molar-refractivity contribution >= 4 is 0 Å². The van der Waals surface area contributed by atoms with Gasteiger partial charge < -0.3 is 4.74 Å². The number of ether oxygens (including phenoxy) is 1. The van der Waals surface area contributed by atoms with Crippen LogP contribution in [0.2, 0.25) is 0 Å². The topological polar surface area (TPSA) is 9.23 Å². The third kappa shape index (κ3) is 7.32. The normalized spacial score (nSPS) is 18.6. The van der Waals surface area contributed by atoms with Crippen molar-refractivity contribution in [2.24, 2.45) is 5.92 Å². The lowest BCUT2D eigenvalue weighted by molar-refractivity contribution is 0.294. The smallest absolute Gasteiger partial charge is 0.165 e. The highest BCUT2D eigenvalue weighted by Gasteiger charge is 2.24. The van der Waals surface area contributed by atoms with Crippen LogP contribution in [0.4, 0.5) is 8.78 Å². The van der Waals surface area contributed by atoms with E-state index in [1.165, 1.54) is 38.5 Å². The van der Waals surface area contributed by atoms with E-state index in [0.717, 1.165) is 48.3 Å². The first-order valence-electron chi connectivity index (χ1n) is 12.8. The summed E-state index contributed by atoms with van der Waals surface area (Å²) in [6, 6.07) is 10.9. The lowest BCUT2D eigenvalue weighted by Gasteiger charge is -2.29. The number of hydrogen-bond acceptors (Lipinski definition) is 1. The molecule has 2 aromatic rings. The van der Waals surface area contributed by atoms with Crippen LogP contribution in [-0.4, -0.2) is 6.61 Å². The molecule has 2 aromatic carbocycles. The molecule has 0 atom stereocenters. The molecule has 3 heteroatoms. The predicted molar refractivity (Wildman–Crippen MR) is 129 cm³/mol. The maximum Gasteiger partial charge on any atom is 0.165 e. The summed E-state index contributed by atoms with van der Waals surface area (Å²) in [5.74, 6) is 1.13. The van der Waals surface area contributed by atoms with Gasteiger partial charge in [0.15, 0.2) is 11.6 Å². The number of benzene rings is 2. The minimum atomic E-state index is -0.314. The largest absolute Gasteiger partial charge is 0.491 e. The number of hydrogen-bond donors (Lipinski definition) is 0. The van der Waals surface area contributed by atoms with Crippen molar-refractivity contribution in [2.75, 3.05) is 6.61 Å². The molecular weight excluding hydrogens is 402 g/mol. The van der Waals surface area contributed by atoms with Gasteiger partial charge in [-0.1, -0.05) is 64.2 Å². The molecule has 0 aliphatic heterocycles. The molecule has 0 amide bonds. The highest BCUT2D eigenvalue weighted by atomic mass is 19.1. The van der Waals surface area contributed by atoms with E-state index < -0.39 is 0 Å². The fourth-order valence-corrected chi connectivity index (χ4v) is 4.93. The second kappa shape index (κ2) is 13.0. The van der Waals surface area contributed by atoms with Crippen molar-refractivity contribution in [1.29, 1.82) is 0 Å². The molecule has 32 heavy (non-hydrogen) atoms. The first kappa shape index (κ1) is 24.7. The molecule has 0 radical (unpaired) electrons. The summed E-state index contributed by atoms with van der Waals surface area (Å²) in [4.78, 5) is 0. The van der Waals surface area contributed by atoms with E-state index >= 15 is 0 Å². The molecular formula is C29H40F2O. The summed E-state index contributed by atoms with van der Waals surface area (Å²) in [5, 5.41) is 0. The van der Waals surface area contributed by atoms with Gasteiger partial charge in [-0.05, 0) is 91.7 Å². The van der Waals surface area contributed by atoms with Crippen molar-refractivity contribution in [2.45, 2.75) is 96.8 Å². The molecule has 3 rings (SSSR count). The van der Waals surface area contributed by atoms with E-state index in [1.807, 2.05) is 12.1 Å². The fraction of sp³-hybridized carbons (Fsp3) is 0.586. The molecule has 0 saturated heterocycles. The molecule has 0 aromatic heterocycles. The maximum absolute atomic E-state index is 14.9. The number of aryl methyl sites for hydroxylation is 2. The van der Waals surface area contributed by atoms with Gasteiger partial charge in [0.1, 0.15) is 5.82 Å². The maximum atomic E-state index is 14.9. The molecule has 0 spiro atoms. The van der Waals surface area contributed by atoms with Crippen molar-refractivity contribution < 1.29 is 13.5 Å². The lowest BCUT2D eigenvalue weighted by Crippen LogP contribution is -2.14. The molecule has 1 aliphatic carbocycles. The Morgan fingerprint density at radius 3 is 2.06 bits per heavy atom. The summed E-state index contributed by atoms with van der Waals surface area (Å²) in [6.07, 6.45) is 13.3. The Bertz CT molecular complexity index is 824. The van der Waals surface area contributed by atoms with Crippen LogP contribution >= 0.6 is 0 Å². The molecule has 176 valence electrons. The van der Waals surface area contributed by atoms with Crippen LogP contribution < -0.4 is 4.74 Å². The molecule has 1 aliphatic rings. The third-order valence-corrected chi connectivity index (χ3v) is 7.02. The molecule has 0 unspecified atom stereocenters. The summed E-state index contributed by atoms with van der Waals surface area (Å²) in [7, 11) is 0. The van der Waals surface area contributed by atoms with Gasteiger partial charge >= 0.3 is 0 Å². The average molecular weight is 443 g/mol. The van der Waals surface area contributed by atoms with Gasteiger partial charge in [-0.3, -0.25) is 0 Å². The first-order chi connectivity index (χ1) is 15.6. The van der Waals surface area contributed by atoms with E-state index in [2.05, 4.69) is 19.9 Å². The van der Waals surface area contributed by atoms with Gasteiger partial charge in [0.05, 0.1) is 6.61 Å². The monoisotopic (exact) mass is 442 g/mol.